The highest BCUT2D eigenvalue weighted by atomic mass is 16.5. The van der Waals surface area contributed by atoms with Crippen molar-refractivity contribution in [3.05, 3.63) is 29.3 Å². The number of aryl methyl sites for hydroxylation is 1. The van der Waals surface area contributed by atoms with Crippen molar-refractivity contribution in [3.8, 4) is 5.75 Å². The number of rotatable bonds is 2. The molecule has 4 nitrogen and oxygen atoms in total. The summed E-state index contributed by atoms with van der Waals surface area (Å²) >= 11 is 0. The van der Waals surface area contributed by atoms with Gasteiger partial charge in [0.05, 0.1) is 13.2 Å². The Morgan fingerprint density at radius 3 is 2.50 bits per heavy atom. The molecule has 1 aliphatic heterocycles. The van der Waals surface area contributed by atoms with Crippen LogP contribution in [-0.4, -0.2) is 29.5 Å². The fraction of sp³-hybridized carbons (Fsp3) is 0.562. The Labute approximate surface area is 120 Å². The van der Waals surface area contributed by atoms with Gasteiger partial charge in [-0.05, 0) is 44.9 Å². The van der Waals surface area contributed by atoms with Crippen molar-refractivity contribution in [3.63, 3.8) is 0 Å². The number of methoxy groups -OCH3 is 1. The van der Waals surface area contributed by atoms with Crippen LogP contribution in [0.2, 0.25) is 0 Å². The van der Waals surface area contributed by atoms with Gasteiger partial charge < -0.3 is 15.4 Å². The second kappa shape index (κ2) is 5.09. The second-order valence-electron chi connectivity index (χ2n) is 6.48. The molecular weight excluding hydrogens is 252 g/mol. The van der Waals surface area contributed by atoms with E-state index in [0.29, 0.717) is 6.42 Å². The maximum absolute atomic E-state index is 12.2. The zero-order chi connectivity index (χ0) is 15.1. The van der Waals surface area contributed by atoms with Gasteiger partial charge in [0.15, 0.2) is 0 Å². The first kappa shape index (κ1) is 14.9. The molecule has 1 saturated heterocycles. The first-order valence-corrected chi connectivity index (χ1v) is 6.98. The van der Waals surface area contributed by atoms with Crippen LogP contribution in [0.25, 0.3) is 0 Å². The summed E-state index contributed by atoms with van der Waals surface area (Å²) in [6, 6.07) is 5.80. The van der Waals surface area contributed by atoms with Crippen LogP contribution in [0.3, 0.4) is 0 Å². The van der Waals surface area contributed by atoms with Gasteiger partial charge in [0, 0.05) is 18.0 Å². The number of amides is 1. The lowest BCUT2D eigenvalue weighted by atomic mass is 9.95. The summed E-state index contributed by atoms with van der Waals surface area (Å²) in [5.74, 6) is 0.984. The SMILES string of the molecule is COc1ccc(C2C(N)CC(=O)N2C(C)(C)C)cc1C. The monoisotopic (exact) mass is 276 g/mol. The van der Waals surface area contributed by atoms with Gasteiger partial charge in [-0.25, -0.2) is 0 Å². The molecule has 1 heterocycles. The van der Waals surface area contributed by atoms with E-state index < -0.39 is 0 Å². The second-order valence-corrected chi connectivity index (χ2v) is 6.48. The van der Waals surface area contributed by atoms with Gasteiger partial charge in [-0.2, -0.15) is 0 Å². The first-order chi connectivity index (χ1) is 9.25. The van der Waals surface area contributed by atoms with E-state index in [0.717, 1.165) is 16.9 Å². The summed E-state index contributed by atoms with van der Waals surface area (Å²) in [6.45, 7) is 8.15. The van der Waals surface area contributed by atoms with E-state index in [1.54, 1.807) is 7.11 Å². The number of carbonyl (C=O) groups excluding carboxylic acids is 1. The zero-order valence-corrected chi connectivity index (χ0v) is 12.9. The highest BCUT2D eigenvalue weighted by Crippen LogP contribution is 2.38. The Kier molecular flexibility index (Phi) is 3.78. The number of nitrogens with two attached hydrogens (primary N) is 1. The van der Waals surface area contributed by atoms with Gasteiger partial charge in [-0.15, -0.1) is 0 Å². The van der Waals surface area contributed by atoms with Gasteiger partial charge in [0.2, 0.25) is 5.91 Å². The minimum Gasteiger partial charge on any atom is -0.496 e. The predicted octanol–water partition coefficient (Wildman–Crippen LogP) is 2.40. The predicted molar refractivity (Wildman–Crippen MR) is 79.7 cm³/mol. The lowest BCUT2D eigenvalue weighted by Gasteiger charge is -2.38. The normalized spacial score (nSPS) is 23.3. The maximum atomic E-state index is 12.2. The van der Waals surface area contributed by atoms with E-state index in [1.807, 2.05) is 44.7 Å². The van der Waals surface area contributed by atoms with Crippen LogP contribution in [0.5, 0.6) is 5.75 Å². The molecule has 0 aliphatic carbocycles. The van der Waals surface area contributed by atoms with E-state index in [9.17, 15) is 4.79 Å². The summed E-state index contributed by atoms with van der Waals surface area (Å²) in [5, 5.41) is 0. The number of likely N-dealkylation sites (tertiary alicyclic amines) is 1. The number of carbonyl (C=O) groups is 1. The zero-order valence-electron chi connectivity index (χ0n) is 12.9. The third-order valence-corrected chi connectivity index (χ3v) is 3.85. The lowest BCUT2D eigenvalue weighted by Crippen LogP contribution is -2.45. The van der Waals surface area contributed by atoms with Crippen molar-refractivity contribution in [1.29, 1.82) is 0 Å². The molecule has 1 aromatic carbocycles. The highest BCUT2D eigenvalue weighted by Gasteiger charge is 2.43. The molecule has 0 spiro atoms. The molecular formula is C16H24N2O2. The van der Waals surface area contributed by atoms with Crippen LogP contribution in [0.4, 0.5) is 0 Å². The average Bonchev–Trinajstić information content (AvgIpc) is 2.63. The molecule has 1 amide bonds. The Bertz CT molecular complexity index is 520. The Balaban J connectivity index is 2.43. The van der Waals surface area contributed by atoms with Crippen LogP contribution in [0.1, 0.15) is 44.4 Å². The molecule has 20 heavy (non-hydrogen) atoms. The molecule has 1 fully saturated rings. The van der Waals surface area contributed by atoms with Crippen molar-refractivity contribution >= 4 is 5.91 Å². The molecule has 110 valence electrons. The molecule has 1 aliphatic rings. The van der Waals surface area contributed by atoms with Crippen molar-refractivity contribution in [1.82, 2.24) is 4.90 Å². The summed E-state index contributed by atoms with van der Waals surface area (Å²) in [6.07, 6.45) is 0.410. The Morgan fingerprint density at radius 2 is 2.00 bits per heavy atom. The van der Waals surface area contributed by atoms with Gasteiger partial charge >= 0.3 is 0 Å². The number of benzene rings is 1. The molecule has 0 radical (unpaired) electrons. The van der Waals surface area contributed by atoms with E-state index in [2.05, 4.69) is 6.07 Å². The number of hydrogen-bond acceptors (Lipinski definition) is 3. The van der Waals surface area contributed by atoms with Gasteiger partial charge in [-0.1, -0.05) is 12.1 Å². The van der Waals surface area contributed by atoms with Gasteiger partial charge in [0.25, 0.3) is 0 Å². The Morgan fingerprint density at radius 1 is 1.35 bits per heavy atom. The smallest absolute Gasteiger partial charge is 0.225 e. The van der Waals surface area contributed by atoms with Crippen molar-refractivity contribution < 1.29 is 9.53 Å². The van der Waals surface area contributed by atoms with Crippen molar-refractivity contribution in [2.75, 3.05) is 7.11 Å². The minimum absolute atomic E-state index is 0.0629. The van der Waals surface area contributed by atoms with Crippen LogP contribution >= 0.6 is 0 Å². The van der Waals surface area contributed by atoms with E-state index in [4.69, 9.17) is 10.5 Å². The van der Waals surface area contributed by atoms with Gasteiger partial charge in [-0.3, -0.25) is 4.79 Å². The van der Waals surface area contributed by atoms with Crippen LogP contribution in [-0.2, 0) is 4.79 Å². The van der Waals surface area contributed by atoms with E-state index in [1.165, 1.54) is 0 Å². The van der Waals surface area contributed by atoms with E-state index >= 15 is 0 Å². The summed E-state index contributed by atoms with van der Waals surface area (Å²) in [4.78, 5) is 14.2. The molecule has 0 bridgehead atoms. The summed E-state index contributed by atoms with van der Waals surface area (Å²) < 4.78 is 5.29. The van der Waals surface area contributed by atoms with E-state index in [-0.39, 0.29) is 23.5 Å². The standard InChI is InChI=1S/C16H24N2O2/c1-10-8-11(6-7-13(10)20-5)15-12(17)9-14(19)18(15)16(2,3)4/h6-8,12,15H,9,17H2,1-5H3. The molecule has 2 unspecified atom stereocenters. The molecule has 1 aromatic rings. The molecule has 2 atom stereocenters. The molecule has 0 aromatic heterocycles. The summed E-state index contributed by atoms with van der Waals surface area (Å²) in [5.41, 5.74) is 8.12. The topological polar surface area (TPSA) is 55.6 Å². The highest BCUT2D eigenvalue weighted by molar-refractivity contribution is 5.81. The molecule has 4 heteroatoms. The third-order valence-electron chi connectivity index (χ3n) is 3.85. The number of hydrogen-bond donors (Lipinski definition) is 1. The van der Waals surface area contributed by atoms with Crippen LogP contribution in [0.15, 0.2) is 18.2 Å². The molecule has 2 rings (SSSR count). The number of nitrogens with zero attached hydrogens (tertiary/aromatic N) is 1. The quantitative estimate of drug-likeness (QED) is 0.902. The lowest BCUT2D eigenvalue weighted by molar-refractivity contribution is -0.133. The van der Waals surface area contributed by atoms with Crippen molar-refractivity contribution in [2.24, 2.45) is 5.73 Å². The molecule has 2 N–H and O–H groups in total. The maximum Gasteiger partial charge on any atom is 0.225 e. The fourth-order valence-corrected chi connectivity index (χ4v) is 3.03. The van der Waals surface area contributed by atoms with Gasteiger partial charge in [0.1, 0.15) is 5.75 Å². The minimum atomic E-state index is -0.232. The third kappa shape index (κ3) is 2.52. The average molecular weight is 276 g/mol. The van der Waals surface area contributed by atoms with Crippen LogP contribution in [0, 0.1) is 6.92 Å². The largest absolute Gasteiger partial charge is 0.496 e. The fourth-order valence-electron chi connectivity index (χ4n) is 3.03. The Hall–Kier alpha value is -1.55. The van der Waals surface area contributed by atoms with Crippen molar-refractivity contribution in [2.45, 2.75) is 51.7 Å². The molecule has 0 saturated carbocycles. The van der Waals surface area contributed by atoms with Crippen LogP contribution < -0.4 is 10.5 Å². The summed E-state index contributed by atoms with van der Waals surface area (Å²) in [7, 11) is 1.66. The number of ether oxygens (including phenoxy) is 1. The first-order valence-electron chi connectivity index (χ1n) is 6.98.